The van der Waals surface area contributed by atoms with Gasteiger partial charge in [-0.2, -0.15) is 10.1 Å². The number of hydrogen-bond acceptors (Lipinski definition) is 10. The lowest BCUT2D eigenvalue weighted by atomic mass is 9.71. The third-order valence-electron chi connectivity index (χ3n) is 9.90. The fourth-order valence-electron chi connectivity index (χ4n) is 7.14. The van der Waals surface area contributed by atoms with Gasteiger partial charge in [-0.05, 0) is 57.9 Å². The maximum Gasteiger partial charge on any atom is 0.261 e. The van der Waals surface area contributed by atoms with Crippen molar-refractivity contribution in [3.8, 4) is 34.2 Å². The number of aromatic nitrogens is 5. The third-order valence-corrected chi connectivity index (χ3v) is 9.90. The van der Waals surface area contributed by atoms with Gasteiger partial charge >= 0.3 is 0 Å². The van der Waals surface area contributed by atoms with Crippen molar-refractivity contribution in [3.05, 3.63) is 86.7 Å². The van der Waals surface area contributed by atoms with E-state index >= 15 is 0 Å². The summed E-state index contributed by atoms with van der Waals surface area (Å²) in [7, 11) is 0. The molecule has 5 heterocycles. The van der Waals surface area contributed by atoms with Crippen LogP contribution in [0.15, 0.2) is 53.0 Å². The van der Waals surface area contributed by atoms with Crippen molar-refractivity contribution in [3.63, 3.8) is 0 Å². The smallest absolute Gasteiger partial charge is 0.261 e. The standard InChI is InChI=1S/C35H31N7O6/c1-16-27(43)25(21-10-9-20-32(37-21)38-34(39-33(20)47)41-13-11-18(12-14-41)31(36)46)29-26(28(16)44)35(3)23(48-29)15-22-24(30(35)45)17(2)40-42(22)19-7-5-4-6-8-19/h4-10,15,18,43-44H,11-14H2,1-3H3,(H2,36,46)(H,37,38,39,47). The number of piperidine rings is 1. The number of aromatic amines is 1. The summed E-state index contributed by atoms with van der Waals surface area (Å²) in [4.78, 5) is 53.2. The molecular weight excluding hydrogens is 614 g/mol. The number of Topliss-reactive ketones (excluding diaryl/α,β-unsaturated/α-hetero) is 1. The van der Waals surface area contributed by atoms with Crippen LogP contribution in [-0.2, 0) is 10.2 Å². The molecule has 1 saturated heterocycles. The number of phenols is 2. The van der Waals surface area contributed by atoms with Gasteiger partial charge in [0.1, 0.15) is 28.4 Å². The number of nitrogens with two attached hydrogens (primary N) is 1. The van der Waals surface area contributed by atoms with Crippen molar-refractivity contribution in [1.29, 1.82) is 0 Å². The highest BCUT2D eigenvalue weighted by Gasteiger charge is 2.55. The van der Waals surface area contributed by atoms with E-state index in [-0.39, 0.29) is 74.0 Å². The molecule has 1 fully saturated rings. The Balaban J connectivity index is 1.27. The van der Waals surface area contributed by atoms with Crippen molar-refractivity contribution in [2.24, 2.45) is 11.7 Å². The van der Waals surface area contributed by atoms with Gasteiger partial charge in [-0.15, -0.1) is 0 Å². The third kappa shape index (κ3) is 4.03. The summed E-state index contributed by atoms with van der Waals surface area (Å²) in [6, 6.07) is 12.6. The van der Waals surface area contributed by atoms with E-state index in [4.69, 9.17) is 15.5 Å². The molecule has 0 radical (unpaired) electrons. The number of hydrogen-bond donors (Lipinski definition) is 4. The van der Waals surface area contributed by atoms with Crippen LogP contribution in [0.4, 0.5) is 5.95 Å². The number of carbonyl (C=O) groups is 2. The number of fused-ring (bicyclic) bond motifs is 5. The molecule has 8 rings (SSSR count). The topological polar surface area (TPSA) is 190 Å². The Morgan fingerprint density at radius 3 is 2.46 bits per heavy atom. The highest BCUT2D eigenvalue weighted by atomic mass is 16.5. The SMILES string of the molecule is Cc1nn(-c2ccccc2)c2c1C(=O)C1(C)C(=C2)Oc2c(-c3ccc4c(=O)[nH]c(N5CCC(C(N)=O)CC5)nc4n3)c(O)c(C)c(O)c21. The lowest BCUT2D eigenvalue weighted by molar-refractivity contribution is -0.122. The Hall–Kier alpha value is -5.98. The number of nitrogens with one attached hydrogen (secondary N) is 1. The lowest BCUT2D eigenvalue weighted by Crippen LogP contribution is -2.40. The zero-order valence-electron chi connectivity index (χ0n) is 26.4. The highest BCUT2D eigenvalue weighted by Crippen LogP contribution is 2.60. The van der Waals surface area contributed by atoms with E-state index in [1.54, 1.807) is 43.7 Å². The molecule has 242 valence electrons. The highest BCUT2D eigenvalue weighted by molar-refractivity contribution is 6.14. The first-order valence-corrected chi connectivity index (χ1v) is 15.6. The number of phenolic OH excluding ortho intramolecular Hbond substituents is 2. The van der Waals surface area contributed by atoms with Gasteiger partial charge in [0.05, 0.1) is 44.8 Å². The molecule has 3 aromatic heterocycles. The molecule has 0 saturated carbocycles. The van der Waals surface area contributed by atoms with Gasteiger partial charge in [0.25, 0.3) is 5.56 Å². The molecule has 5 N–H and O–H groups in total. The number of carbonyl (C=O) groups excluding carboxylic acids is 2. The van der Waals surface area contributed by atoms with Crippen LogP contribution in [0, 0.1) is 19.8 Å². The largest absolute Gasteiger partial charge is 0.507 e. The number of primary amides is 1. The van der Waals surface area contributed by atoms with Gasteiger partial charge in [0.2, 0.25) is 11.9 Å². The van der Waals surface area contributed by atoms with Crippen LogP contribution in [0.2, 0.25) is 0 Å². The number of allylic oxidation sites excluding steroid dienone is 1. The van der Waals surface area contributed by atoms with Crippen molar-refractivity contribution in [2.75, 3.05) is 18.0 Å². The molecule has 3 aliphatic rings. The normalized spacial score (nSPS) is 18.7. The number of benzene rings is 2. The number of H-pyrrole nitrogens is 1. The minimum absolute atomic E-state index is 0.0881. The monoisotopic (exact) mass is 645 g/mol. The first-order chi connectivity index (χ1) is 23.0. The zero-order chi connectivity index (χ0) is 33.6. The van der Waals surface area contributed by atoms with Crippen molar-refractivity contribution < 1.29 is 24.5 Å². The number of nitrogens with zero attached hydrogens (tertiary/aromatic N) is 5. The van der Waals surface area contributed by atoms with E-state index < -0.39 is 11.0 Å². The number of rotatable bonds is 4. The molecule has 2 aliphatic heterocycles. The Labute approximate surface area is 273 Å². The second-order valence-corrected chi connectivity index (χ2v) is 12.7. The van der Waals surface area contributed by atoms with Gasteiger partial charge in [0, 0.05) is 30.6 Å². The minimum atomic E-state index is -1.43. The fourth-order valence-corrected chi connectivity index (χ4v) is 7.14. The number of ketones is 1. The number of aromatic hydroxyl groups is 2. The van der Waals surface area contributed by atoms with E-state index in [0.717, 1.165) is 5.69 Å². The number of aryl methyl sites for hydroxylation is 1. The number of ether oxygens (including phenoxy) is 1. The Kier molecular flexibility index (Phi) is 6.29. The summed E-state index contributed by atoms with van der Waals surface area (Å²) in [5.41, 5.74) is 6.79. The Morgan fingerprint density at radius 1 is 1.02 bits per heavy atom. The number of pyridine rings is 1. The summed E-state index contributed by atoms with van der Waals surface area (Å²) in [6.45, 7) is 5.97. The van der Waals surface area contributed by atoms with Gasteiger partial charge in [-0.1, -0.05) is 18.2 Å². The van der Waals surface area contributed by atoms with Gasteiger partial charge in [0.15, 0.2) is 11.4 Å². The number of para-hydroxylation sites is 1. The summed E-state index contributed by atoms with van der Waals surface area (Å²) in [5.74, 6) is -0.761. The summed E-state index contributed by atoms with van der Waals surface area (Å²) >= 11 is 0. The van der Waals surface area contributed by atoms with Crippen LogP contribution in [0.5, 0.6) is 17.2 Å². The van der Waals surface area contributed by atoms with Crippen LogP contribution < -0.4 is 20.9 Å². The first kappa shape index (κ1) is 29.4. The molecule has 13 heteroatoms. The number of anilines is 1. The molecule has 13 nitrogen and oxygen atoms in total. The van der Waals surface area contributed by atoms with E-state index in [1.165, 1.54) is 0 Å². The van der Waals surface area contributed by atoms with Gasteiger partial charge < -0.3 is 25.6 Å². The van der Waals surface area contributed by atoms with Crippen LogP contribution in [-0.4, -0.2) is 59.7 Å². The van der Waals surface area contributed by atoms with Crippen LogP contribution >= 0.6 is 0 Å². The van der Waals surface area contributed by atoms with Crippen molar-refractivity contribution in [1.82, 2.24) is 24.7 Å². The quantitative estimate of drug-likeness (QED) is 0.224. The average Bonchev–Trinajstić information content (AvgIpc) is 3.58. The Morgan fingerprint density at radius 2 is 1.75 bits per heavy atom. The second-order valence-electron chi connectivity index (χ2n) is 12.7. The molecule has 1 amide bonds. The maximum atomic E-state index is 14.5. The molecule has 0 bridgehead atoms. The molecule has 0 spiro atoms. The predicted octanol–water partition coefficient (Wildman–Crippen LogP) is 3.79. The van der Waals surface area contributed by atoms with E-state index in [0.29, 0.717) is 48.8 Å². The zero-order valence-corrected chi connectivity index (χ0v) is 26.4. The van der Waals surface area contributed by atoms with E-state index in [1.807, 2.05) is 35.2 Å². The molecule has 5 aromatic rings. The molecule has 1 atom stereocenters. The van der Waals surface area contributed by atoms with Crippen LogP contribution in [0.1, 0.15) is 52.6 Å². The van der Waals surface area contributed by atoms with Crippen LogP contribution in [0.25, 0.3) is 34.1 Å². The fraction of sp³-hybridized carbons (Fsp3) is 0.257. The lowest BCUT2D eigenvalue weighted by Gasteiger charge is -2.30. The van der Waals surface area contributed by atoms with E-state index in [9.17, 15) is 24.6 Å². The van der Waals surface area contributed by atoms with Crippen LogP contribution in [0.3, 0.4) is 0 Å². The van der Waals surface area contributed by atoms with Gasteiger partial charge in [-0.25, -0.2) is 9.67 Å². The summed E-state index contributed by atoms with van der Waals surface area (Å²) < 4.78 is 8.12. The summed E-state index contributed by atoms with van der Waals surface area (Å²) in [6.07, 6.45) is 2.82. The van der Waals surface area contributed by atoms with Crippen molar-refractivity contribution in [2.45, 2.75) is 39.0 Å². The molecule has 1 aliphatic carbocycles. The second kappa shape index (κ2) is 10.3. The molecule has 1 unspecified atom stereocenters. The predicted molar refractivity (Wildman–Crippen MR) is 176 cm³/mol. The Bertz CT molecular complexity index is 2320. The molecular formula is C35H31N7O6. The minimum Gasteiger partial charge on any atom is -0.507 e. The average molecular weight is 646 g/mol. The van der Waals surface area contributed by atoms with E-state index in [2.05, 4.69) is 15.1 Å². The maximum absolute atomic E-state index is 14.5. The van der Waals surface area contributed by atoms with Gasteiger partial charge in [-0.3, -0.25) is 19.4 Å². The molecule has 2 aromatic carbocycles. The summed E-state index contributed by atoms with van der Waals surface area (Å²) in [5, 5.41) is 27.8. The molecule has 48 heavy (non-hydrogen) atoms. The first-order valence-electron chi connectivity index (χ1n) is 15.6. The number of amides is 1. The van der Waals surface area contributed by atoms with Crippen molar-refractivity contribution >= 4 is 34.7 Å².